The lowest BCUT2D eigenvalue weighted by atomic mass is 10.1. The van der Waals surface area contributed by atoms with Crippen molar-refractivity contribution in [2.75, 3.05) is 13.2 Å². The van der Waals surface area contributed by atoms with Crippen LogP contribution in [-0.2, 0) is 0 Å². The van der Waals surface area contributed by atoms with Crippen molar-refractivity contribution in [3.63, 3.8) is 0 Å². The molecule has 1 aliphatic carbocycles. The van der Waals surface area contributed by atoms with E-state index < -0.39 is 0 Å². The number of ether oxygens (including phenoxy) is 2. The Labute approximate surface area is 82.8 Å². The van der Waals surface area contributed by atoms with Gasteiger partial charge in [0.15, 0.2) is 11.5 Å². The van der Waals surface area contributed by atoms with E-state index in [4.69, 9.17) is 15.2 Å². The van der Waals surface area contributed by atoms with Crippen molar-refractivity contribution in [2.45, 2.75) is 18.4 Å². The minimum Gasteiger partial charge on any atom is -0.486 e. The summed E-state index contributed by atoms with van der Waals surface area (Å²) >= 11 is 0. The first kappa shape index (κ1) is 8.12. The maximum atomic E-state index is 5.80. The molecule has 2 unspecified atom stereocenters. The van der Waals surface area contributed by atoms with E-state index in [0.717, 1.165) is 17.9 Å². The molecule has 3 nitrogen and oxygen atoms in total. The molecule has 0 spiro atoms. The number of fused-ring (bicyclic) bond motifs is 1. The topological polar surface area (TPSA) is 44.5 Å². The minimum atomic E-state index is 0.345. The van der Waals surface area contributed by atoms with Crippen molar-refractivity contribution in [1.29, 1.82) is 0 Å². The van der Waals surface area contributed by atoms with Gasteiger partial charge in [-0.25, -0.2) is 0 Å². The Balaban J connectivity index is 1.93. The molecule has 1 saturated carbocycles. The van der Waals surface area contributed by atoms with Gasteiger partial charge in [0.1, 0.15) is 13.2 Å². The molecule has 74 valence electrons. The van der Waals surface area contributed by atoms with Crippen molar-refractivity contribution in [1.82, 2.24) is 0 Å². The van der Waals surface area contributed by atoms with E-state index in [1.54, 1.807) is 0 Å². The predicted molar refractivity (Wildman–Crippen MR) is 52.8 cm³/mol. The number of rotatable bonds is 1. The smallest absolute Gasteiger partial charge is 0.161 e. The Bertz CT molecular complexity index is 364. The van der Waals surface area contributed by atoms with E-state index in [9.17, 15) is 0 Å². The average molecular weight is 191 g/mol. The molecular weight excluding hydrogens is 178 g/mol. The van der Waals surface area contributed by atoms with Crippen LogP contribution < -0.4 is 15.2 Å². The molecule has 1 aliphatic heterocycles. The fraction of sp³-hybridized carbons (Fsp3) is 0.455. The summed E-state index contributed by atoms with van der Waals surface area (Å²) in [4.78, 5) is 0. The fourth-order valence-corrected chi connectivity index (χ4v) is 1.89. The van der Waals surface area contributed by atoms with Gasteiger partial charge in [-0.3, -0.25) is 0 Å². The SMILES string of the molecule is NC1CC1c1ccc2c(c1)OCCO2. The minimum absolute atomic E-state index is 0.345. The molecule has 1 fully saturated rings. The molecule has 0 amide bonds. The van der Waals surface area contributed by atoms with E-state index in [1.807, 2.05) is 6.07 Å². The van der Waals surface area contributed by atoms with Crippen LogP contribution in [0, 0.1) is 0 Å². The monoisotopic (exact) mass is 191 g/mol. The zero-order valence-electron chi connectivity index (χ0n) is 7.90. The number of benzene rings is 1. The largest absolute Gasteiger partial charge is 0.486 e. The van der Waals surface area contributed by atoms with Crippen molar-refractivity contribution in [3.05, 3.63) is 23.8 Å². The number of hydrogen-bond donors (Lipinski definition) is 1. The summed E-state index contributed by atoms with van der Waals surface area (Å²) < 4.78 is 11.0. The molecule has 3 heteroatoms. The highest BCUT2D eigenvalue weighted by molar-refractivity contribution is 5.46. The molecule has 0 saturated heterocycles. The Hall–Kier alpha value is -1.22. The van der Waals surface area contributed by atoms with Crippen molar-refractivity contribution in [3.8, 4) is 11.5 Å². The lowest BCUT2D eigenvalue weighted by Gasteiger charge is -2.18. The summed E-state index contributed by atoms with van der Waals surface area (Å²) in [6, 6.07) is 6.48. The zero-order chi connectivity index (χ0) is 9.54. The molecule has 3 rings (SSSR count). The molecule has 0 bridgehead atoms. The van der Waals surface area contributed by atoms with E-state index in [-0.39, 0.29) is 0 Å². The standard InChI is InChI=1S/C11H13NO2/c12-9-6-8(9)7-1-2-10-11(5-7)14-4-3-13-10/h1-2,5,8-9H,3-4,6,12H2. The first-order chi connectivity index (χ1) is 6.84. The lowest BCUT2D eigenvalue weighted by Crippen LogP contribution is -2.15. The number of hydrogen-bond acceptors (Lipinski definition) is 3. The van der Waals surface area contributed by atoms with Crippen LogP contribution in [0.3, 0.4) is 0 Å². The van der Waals surface area contributed by atoms with Crippen LogP contribution >= 0.6 is 0 Å². The molecule has 2 atom stereocenters. The van der Waals surface area contributed by atoms with Crippen LogP contribution in [0.1, 0.15) is 17.9 Å². The van der Waals surface area contributed by atoms with Crippen LogP contribution in [0.5, 0.6) is 11.5 Å². The van der Waals surface area contributed by atoms with Gasteiger partial charge in [0, 0.05) is 12.0 Å². The molecule has 0 radical (unpaired) electrons. The van der Waals surface area contributed by atoms with Crippen LogP contribution in [0.2, 0.25) is 0 Å². The zero-order valence-corrected chi connectivity index (χ0v) is 7.90. The number of nitrogens with two attached hydrogens (primary N) is 1. The molecule has 2 N–H and O–H groups in total. The molecule has 0 aromatic heterocycles. The first-order valence-corrected chi connectivity index (χ1v) is 5.00. The predicted octanol–water partition coefficient (Wildman–Crippen LogP) is 1.27. The molecule has 2 aliphatic rings. The molecule has 14 heavy (non-hydrogen) atoms. The van der Waals surface area contributed by atoms with Crippen LogP contribution in [0.25, 0.3) is 0 Å². The quantitative estimate of drug-likeness (QED) is 0.727. The Morgan fingerprint density at radius 1 is 1.14 bits per heavy atom. The maximum absolute atomic E-state index is 5.80. The Kier molecular flexibility index (Phi) is 1.67. The van der Waals surface area contributed by atoms with Gasteiger partial charge in [-0.15, -0.1) is 0 Å². The van der Waals surface area contributed by atoms with E-state index in [2.05, 4.69) is 12.1 Å². The van der Waals surface area contributed by atoms with Crippen molar-refractivity contribution < 1.29 is 9.47 Å². The fourth-order valence-electron chi connectivity index (χ4n) is 1.89. The third-order valence-electron chi connectivity index (χ3n) is 2.83. The van der Waals surface area contributed by atoms with Gasteiger partial charge >= 0.3 is 0 Å². The second-order valence-corrected chi connectivity index (χ2v) is 3.91. The van der Waals surface area contributed by atoms with Gasteiger partial charge in [-0.05, 0) is 24.1 Å². The van der Waals surface area contributed by atoms with Crippen LogP contribution in [0.4, 0.5) is 0 Å². The highest BCUT2D eigenvalue weighted by Gasteiger charge is 2.35. The third kappa shape index (κ3) is 1.24. The molecule has 1 heterocycles. The van der Waals surface area contributed by atoms with Gasteiger partial charge < -0.3 is 15.2 Å². The third-order valence-corrected chi connectivity index (χ3v) is 2.83. The summed E-state index contributed by atoms with van der Waals surface area (Å²) in [5, 5.41) is 0. The van der Waals surface area contributed by atoms with Gasteiger partial charge in [-0.2, -0.15) is 0 Å². The molecule has 1 aromatic rings. The van der Waals surface area contributed by atoms with Crippen molar-refractivity contribution >= 4 is 0 Å². The summed E-state index contributed by atoms with van der Waals surface area (Å²) in [5.74, 6) is 2.26. The molecule has 1 aromatic carbocycles. The first-order valence-electron chi connectivity index (χ1n) is 5.00. The summed E-state index contributed by atoms with van der Waals surface area (Å²) in [7, 11) is 0. The second kappa shape index (κ2) is 2.89. The Morgan fingerprint density at radius 2 is 1.86 bits per heavy atom. The summed E-state index contributed by atoms with van der Waals surface area (Å²) in [6.07, 6.45) is 1.10. The van der Waals surface area contributed by atoms with E-state index >= 15 is 0 Å². The highest BCUT2D eigenvalue weighted by atomic mass is 16.6. The average Bonchev–Trinajstić information content (AvgIpc) is 2.95. The highest BCUT2D eigenvalue weighted by Crippen LogP contribution is 2.42. The Morgan fingerprint density at radius 3 is 2.57 bits per heavy atom. The normalized spacial score (nSPS) is 28.6. The van der Waals surface area contributed by atoms with Crippen LogP contribution in [0.15, 0.2) is 18.2 Å². The van der Waals surface area contributed by atoms with Gasteiger partial charge in [0.2, 0.25) is 0 Å². The van der Waals surface area contributed by atoms with Gasteiger partial charge in [0.25, 0.3) is 0 Å². The van der Waals surface area contributed by atoms with Gasteiger partial charge in [-0.1, -0.05) is 6.07 Å². The second-order valence-electron chi connectivity index (χ2n) is 3.91. The van der Waals surface area contributed by atoms with Gasteiger partial charge in [0.05, 0.1) is 0 Å². The van der Waals surface area contributed by atoms with E-state index in [0.29, 0.717) is 25.2 Å². The van der Waals surface area contributed by atoms with E-state index in [1.165, 1.54) is 5.56 Å². The summed E-state index contributed by atoms with van der Waals surface area (Å²) in [5.41, 5.74) is 7.08. The van der Waals surface area contributed by atoms with Crippen LogP contribution in [-0.4, -0.2) is 19.3 Å². The summed E-state index contributed by atoms with van der Waals surface area (Å²) in [6.45, 7) is 1.29. The lowest BCUT2D eigenvalue weighted by molar-refractivity contribution is 0.171. The maximum Gasteiger partial charge on any atom is 0.161 e. The van der Waals surface area contributed by atoms with Crippen molar-refractivity contribution in [2.24, 2.45) is 5.73 Å². The molecular formula is C11H13NO2.